The van der Waals surface area contributed by atoms with Crippen molar-refractivity contribution in [2.75, 3.05) is 18.5 Å². The smallest absolute Gasteiger partial charge is 0.228 e. The summed E-state index contributed by atoms with van der Waals surface area (Å²) in [6.45, 7) is 3.96. The lowest BCUT2D eigenvalue weighted by molar-refractivity contribution is -0.115. The summed E-state index contributed by atoms with van der Waals surface area (Å²) in [4.78, 5) is 12.2. The van der Waals surface area contributed by atoms with E-state index < -0.39 is 0 Å². The Kier molecular flexibility index (Phi) is 5.11. The Labute approximate surface area is 141 Å². The quantitative estimate of drug-likeness (QED) is 0.887. The van der Waals surface area contributed by atoms with Gasteiger partial charge in [-0.3, -0.25) is 4.79 Å². The van der Waals surface area contributed by atoms with Crippen molar-refractivity contribution < 1.29 is 13.9 Å². The van der Waals surface area contributed by atoms with Crippen molar-refractivity contribution in [1.82, 2.24) is 5.32 Å². The number of halogens is 1. The van der Waals surface area contributed by atoms with E-state index in [-0.39, 0.29) is 23.8 Å². The van der Waals surface area contributed by atoms with Crippen LogP contribution >= 0.6 is 0 Å². The van der Waals surface area contributed by atoms with Crippen LogP contribution in [0.25, 0.3) is 0 Å². The van der Waals surface area contributed by atoms with Crippen LogP contribution in [0, 0.1) is 5.82 Å². The molecule has 1 aliphatic rings. The first kappa shape index (κ1) is 16.5. The van der Waals surface area contributed by atoms with Crippen molar-refractivity contribution >= 4 is 11.6 Å². The van der Waals surface area contributed by atoms with E-state index in [1.807, 2.05) is 37.3 Å². The zero-order valence-corrected chi connectivity index (χ0v) is 13.7. The van der Waals surface area contributed by atoms with Gasteiger partial charge in [0.25, 0.3) is 0 Å². The largest absolute Gasteiger partial charge is 0.494 e. The van der Waals surface area contributed by atoms with Crippen LogP contribution in [0.3, 0.4) is 0 Å². The van der Waals surface area contributed by atoms with Crippen molar-refractivity contribution in [2.45, 2.75) is 26.3 Å². The molecule has 0 unspecified atom stereocenters. The maximum Gasteiger partial charge on any atom is 0.228 e. The van der Waals surface area contributed by atoms with E-state index in [2.05, 4.69) is 10.6 Å². The topological polar surface area (TPSA) is 50.4 Å². The molecule has 1 heterocycles. The minimum absolute atomic E-state index is 0.199. The van der Waals surface area contributed by atoms with Gasteiger partial charge in [0, 0.05) is 6.54 Å². The number of hydrogen-bond donors (Lipinski definition) is 2. The van der Waals surface area contributed by atoms with Gasteiger partial charge < -0.3 is 15.4 Å². The normalized spacial score (nSPS) is 13.2. The fourth-order valence-corrected chi connectivity index (χ4v) is 2.88. The van der Waals surface area contributed by atoms with E-state index in [9.17, 15) is 9.18 Å². The Hall–Kier alpha value is -2.40. The van der Waals surface area contributed by atoms with Gasteiger partial charge in [-0.25, -0.2) is 4.39 Å². The molecule has 2 N–H and O–H groups in total. The Morgan fingerprint density at radius 1 is 1.25 bits per heavy atom. The number of ether oxygens (including phenoxy) is 1. The summed E-state index contributed by atoms with van der Waals surface area (Å²) in [6, 6.07) is 10.9. The van der Waals surface area contributed by atoms with Crippen molar-refractivity contribution in [3.8, 4) is 5.75 Å². The molecule has 0 spiro atoms. The van der Waals surface area contributed by atoms with Crippen molar-refractivity contribution in [2.24, 2.45) is 0 Å². The van der Waals surface area contributed by atoms with Crippen LogP contribution in [0.5, 0.6) is 5.75 Å². The van der Waals surface area contributed by atoms with Crippen LogP contribution in [0.15, 0.2) is 36.4 Å². The minimum Gasteiger partial charge on any atom is -0.494 e. The zero-order valence-electron chi connectivity index (χ0n) is 13.7. The molecule has 2 aromatic rings. The number of carbonyl (C=O) groups is 1. The molecule has 1 aliphatic heterocycles. The molecule has 24 heavy (non-hydrogen) atoms. The molecular weight excluding hydrogens is 307 g/mol. The highest BCUT2D eigenvalue weighted by molar-refractivity contribution is 5.92. The SMILES string of the molecule is CCOc1ccc(CC(=O)Nc2ccc3c(c2F)CCNC3)cc1. The van der Waals surface area contributed by atoms with Gasteiger partial charge in [0.05, 0.1) is 18.7 Å². The van der Waals surface area contributed by atoms with Gasteiger partial charge in [-0.2, -0.15) is 0 Å². The molecular formula is C19H21FN2O2. The van der Waals surface area contributed by atoms with E-state index >= 15 is 0 Å². The Balaban J connectivity index is 1.66. The highest BCUT2D eigenvalue weighted by Crippen LogP contribution is 2.24. The third-order valence-corrected chi connectivity index (χ3v) is 4.08. The number of carbonyl (C=O) groups excluding carboxylic acids is 1. The fourth-order valence-electron chi connectivity index (χ4n) is 2.88. The average molecular weight is 328 g/mol. The second-order valence-electron chi connectivity index (χ2n) is 5.79. The summed E-state index contributed by atoms with van der Waals surface area (Å²) in [7, 11) is 0. The highest BCUT2D eigenvalue weighted by atomic mass is 19.1. The number of amides is 1. The van der Waals surface area contributed by atoms with E-state index in [4.69, 9.17) is 4.74 Å². The first-order valence-electron chi connectivity index (χ1n) is 8.20. The molecule has 0 radical (unpaired) electrons. The first-order chi connectivity index (χ1) is 11.7. The minimum atomic E-state index is -0.311. The van der Waals surface area contributed by atoms with Gasteiger partial charge in [0.2, 0.25) is 5.91 Å². The molecule has 5 heteroatoms. The van der Waals surface area contributed by atoms with Crippen molar-refractivity contribution in [1.29, 1.82) is 0 Å². The molecule has 0 atom stereocenters. The number of rotatable bonds is 5. The van der Waals surface area contributed by atoms with Gasteiger partial charge in [0.1, 0.15) is 11.6 Å². The van der Waals surface area contributed by atoms with Gasteiger partial charge in [-0.15, -0.1) is 0 Å². The summed E-state index contributed by atoms with van der Waals surface area (Å²) >= 11 is 0. The number of benzene rings is 2. The van der Waals surface area contributed by atoms with Gasteiger partial charge in [0.15, 0.2) is 0 Å². The summed E-state index contributed by atoms with van der Waals surface area (Å²) in [5.41, 5.74) is 2.78. The lowest BCUT2D eigenvalue weighted by atomic mass is 9.99. The van der Waals surface area contributed by atoms with Gasteiger partial charge in [-0.05, 0) is 54.8 Å². The molecule has 0 saturated carbocycles. The summed E-state index contributed by atoms with van der Waals surface area (Å²) in [6.07, 6.45) is 0.842. The molecule has 0 saturated heterocycles. The van der Waals surface area contributed by atoms with Crippen LogP contribution in [0.2, 0.25) is 0 Å². The number of hydrogen-bond acceptors (Lipinski definition) is 3. The summed E-state index contributed by atoms with van der Waals surface area (Å²) in [5, 5.41) is 5.89. The molecule has 2 aromatic carbocycles. The third-order valence-electron chi connectivity index (χ3n) is 4.08. The van der Waals surface area contributed by atoms with Crippen LogP contribution in [0.1, 0.15) is 23.6 Å². The maximum atomic E-state index is 14.5. The number of anilines is 1. The number of nitrogens with one attached hydrogen (secondary N) is 2. The highest BCUT2D eigenvalue weighted by Gasteiger charge is 2.17. The lowest BCUT2D eigenvalue weighted by Crippen LogP contribution is -2.25. The molecule has 126 valence electrons. The predicted molar refractivity (Wildman–Crippen MR) is 91.8 cm³/mol. The zero-order chi connectivity index (χ0) is 16.9. The lowest BCUT2D eigenvalue weighted by Gasteiger charge is -2.19. The third kappa shape index (κ3) is 3.74. The Morgan fingerprint density at radius 2 is 2.04 bits per heavy atom. The van der Waals surface area contributed by atoms with Crippen molar-refractivity contribution in [3.63, 3.8) is 0 Å². The standard InChI is InChI=1S/C19H21FN2O2/c1-2-24-15-6-3-13(4-7-15)11-18(23)22-17-8-5-14-12-21-10-9-16(14)19(17)20/h3-8,21H,2,9-12H2,1H3,(H,22,23). The Morgan fingerprint density at radius 3 is 2.79 bits per heavy atom. The van der Waals surface area contributed by atoms with E-state index in [1.165, 1.54) is 0 Å². The predicted octanol–water partition coefficient (Wildman–Crippen LogP) is 3.05. The average Bonchev–Trinajstić information content (AvgIpc) is 2.60. The monoisotopic (exact) mass is 328 g/mol. The van der Waals surface area contributed by atoms with Crippen LogP contribution in [-0.4, -0.2) is 19.1 Å². The number of fused-ring (bicyclic) bond motifs is 1. The van der Waals surface area contributed by atoms with Crippen LogP contribution in [0.4, 0.5) is 10.1 Å². The molecule has 0 aromatic heterocycles. The Bertz CT molecular complexity index is 729. The summed E-state index contributed by atoms with van der Waals surface area (Å²) < 4.78 is 19.9. The van der Waals surface area contributed by atoms with Gasteiger partial charge >= 0.3 is 0 Å². The maximum absolute atomic E-state index is 14.5. The molecule has 0 aliphatic carbocycles. The molecule has 0 bridgehead atoms. The second kappa shape index (κ2) is 7.45. The van der Waals surface area contributed by atoms with Crippen LogP contribution in [-0.2, 0) is 24.2 Å². The molecule has 1 amide bonds. The summed E-state index contributed by atoms with van der Waals surface area (Å²) in [5.74, 6) is 0.233. The van der Waals surface area contributed by atoms with Crippen LogP contribution < -0.4 is 15.4 Å². The molecule has 4 nitrogen and oxygen atoms in total. The molecule has 0 fully saturated rings. The van der Waals surface area contributed by atoms with E-state index in [0.717, 1.165) is 23.4 Å². The first-order valence-corrected chi connectivity index (χ1v) is 8.20. The van der Waals surface area contributed by atoms with E-state index in [1.54, 1.807) is 6.07 Å². The molecule has 3 rings (SSSR count). The van der Waals surface area contributed by atoms with Crippen molar-refractivity contribution in [3.05, 3.63) is 58.9 Å². The van der Waals surface area contributed by atoms with Gasteiger partial charge in [-0.1, -0.05) is 18.2 Å². The fraction of sp³-hybridized carbons (Fsp3) is 0.316. The second-order valence-corrected chi connectivity index (χ2v) is 5.79. The van der Waals surface area contributed by atoms with E-state index in [0.29, 0.717) is 25.1 Å².